The first-order valence-electron chi connectivity index (χ1n) is 8.33. The fraction of sp³-hybridized carbons (Fsp3) is 0.150. The van der Waals surface area contributed by atoms with Gasteiger partial charge in [0.05, 0.1) is 7.11 Å². The van der Waals surface area contributed by atoms with Crippen LogP contribution in [0.15, 0.2) is 54.6 Å². The molecule has 7 heteroatoms. The van der Waals surface area contributed by atoms with E-state index in [-0.39, 0.29) is 24.0 Å². The number of hydrogen-bond acceptors (Lipinski definition) is 5. The standard InChI is InChI=1S/C20H19FN4O2/c1-13-23-18(20(26)22-12-14-3-5-15(21)6-4-14)11-19(24-13)25-16-7-9-17(27-2)10-8-16/h3-11H,12H2,1-2H3,(H,22,26)(H,23,24,25). The van der Waals surface area contributed by atoms with Crippen molar-refractivity contribution in [2.24, 2.45) is 0 Å². The van der Waals surface area contributed by atoms with Crippen molar-refractivity contribution in [3.63, 3.8) is 0 Å². The third-order valence-corrected chi connectivity index (χ3v) is 3.80. The SMILES string of the molecule is COc1ccc(Nc2cc(C(=O)NCc3ccc(F)cc3)nc(C)n2)cc1. The minimum atomic E-state index is -0.331. The van der Waals surface area contributed by atoms with E-state index in [9.17, 15) is 9.18 Å². The van der Waals surface area contributed by atoms with Gasteiger partial charge in [0.15, 0.2) is 0 Å². The number of nitrogens with one attached hydrogen (secondary N) is 2. The lowest BCUT2D eigenvalue weighted by atomic mass is 10.2. The van der Waals surface area contributed by atoms with Gasteiger partial charge in [-0.15, -0.1) is 0 Å². The molecule has 0 saturated heterocycles. The molecule has 27 heavy (non-hydrogen) atoms. The molecule has 2 N–H and O–H groups in total. The zero-order valence-electron chi connectivity index (χ0n) is 15.0. The molecule has 0 spiro atoms. The number of ether oxygens (including phenoxy) is 1. The number of aryl methyl sites for hydroxylation is 1. The van der Waals surface area contributed by atoms with Crippen LogP contribution in [-0.4, -0.2) is 23.0 Å². The van der Waals surface area contributed by atoms with Gasteiger partial charge >= 0.3 is 0 Å². The Bertz CT molecular complexity index is 928. The average molecular weight is 366 g/mol. The van der Waals surface area contributed by atoms with Gasteiger partial charge in [0.25, 0.3) is 5.91 Å². The van der Waals surface area contributed by atoms with Gasteiger partial charge in [0.2, 0.25) is 0 Å². The molecule has 2 aromatic carbocycles. The molecule has 0 saturated carbocycles. The molecule has 0 unspecified atom stereocenters. The van der Waals surface area contributed by atoms with Crippen molar-refractivity contribution in [2.45, 2.75) is 13.5 Å². The van der Waals surface area contributed by atoms with Crippen LogP contribution in [0.1, 0.15) is 21.9 Å². The van der Waals surface area contributed by atoms with Crippen LogP contribution in [0, 0.1) is 12.7 Å². The first kappa shape index (κ1) is 18.3. The number of nitrogens with zero attached hydrogens (tertiary/aromatic N) is 2. The smallest absolute Gasteiger partial charge is 0.270 e. The summed E-state index contributed by atoms with van der Waals surface area (Å²) in [7, 11) is 1.60. The zero-order valence-corrected chi connectivity index (χ0v) is 15.0. The molecule has 138 valence electrons. The summed E-state index contributed by atoms with van der Waals surface area (Å²) in [5, 5.41) is 5.92. The monoisotopic (exact) mass is 366 g/mol. The molecule has 1 heterocycles. The molecule has 0 fully saturated rings. The van der Waals surface area contributed by atoms with Crippen LogP contribution in [0.3, 0.4) is 0 Å². The number of rotatable bonds is 6. The van der Waals surface area contributed by atoms with Crippen molar-refractivity contribution in [3.8, 4) is 5.75 Å². The van der Waals surface area contributed by atoms with Crippen molar-refractivity contribution in [3.05, 3.63) is 77.5 Å². The summed E-state index contributed by atoms with van der Waals surface area (Å²) in [4.78, 5) is 20.9. The van der Waals surface area contributed by atoms with Gasteiger partial charge in [-0.2, -0.15) is 0 Å². The van der Waals surface area contributed by atoms with E-state index in [0.29, 0.717) is 11.6 Å². The van der Waals surface area contributed by atoms with Gasteiger partial charge in [0.1, 0.15) is 28.9 Å². The lowest BCUT2D eigenvalue weighted by Gasteiger charge is -2.10. The maximum Gasteiger partial charge on any atom is 0.270 e. The first-order chi connectivity index (χ1) is 13.0. The van der Waals surface area contributed by atoms with Crippen LogP contribution >= 0.6 is 0 Å². The summed E-state index contributed by atoms with van der Waals surface area (Å²) in [5.74, 6) is 1.09. The zero-order chi connectivity index (χ0) is 19.2. The lowest BCUT2D eigenvalue weighted by molar-refractivity contribution is 0.0945. The summed E-state index contributed by atoms with van der Waals surface area (Å²) >= 11 is 0. The van der Waals surface area contributed by atoms with E-state index in [0.717, 1.165) is 17.0 Å². The fourth-order valence-electron chi connectivity index (χ4n) is 2.45. The highest BCUT2D eigenvalue weighted by atomic mass is 19.1. The van der Waals surface area contributed by atoms with Crippen LogP contribution in [0.5, 0.6) is 5.75 Å². The van der Waals surface area contributed by atoms with Gasteiger partial charge in [-0.1, -0.05) is 12.1 Å². The molecule has 1 amide bonds. The average Bonchev–Trinajstić information content (AvgIpc) is 2.67. The number of aromatic nitrogens is 2. The second-order valence-corrected chi connectivity index (χ2v) is 5.85. The predicted octanol–water partition coefficient (Wildman–Crippen LogP) is 3.61. The van der Waals surface area contributed by atoms with Gasteiger partial charge in [-0.05, 0) is 48.9 Å². The summed E-state index contributed by atoms with van der Waals surface area (Å²) in [6, 6.07) is 14.9. The molecule has 0 radical (unpaired) electrons. The molecule has 6 nitrogen and oxygen atoms in total. The van der Waals surface area contributed by atoms with Crippen LogP contribution in [0.2, 0.25) is 0 Å². The van der Waals surface area contributed by atoms with Gasteiger partial charge in [-0.25, -0.2) is 14.4 Å². The Balaban J connectivity index is 1.69. The quantitative estimate of drug-likeness (QED) is 0.697. The number of hydrogen-bond donors (Lipinski definition) is 2. The maximum atomic E-state index is 12.9. The largest absolute Gasteiger partial charge is 0.497 e. The Kier molecular flexibility index (Phi) is 5.61. The Hall–Kier alpha value is -3.48. The van der Waals surface area contributed by atoms with Crippen molar-refractivity contribution in [1.82, 2.24) is 15.3 Å². The van der Waals surface area contributed by atoms with E-state index < -0.39 is 0 Å². The molecular formula is C20H19FN4O2. The van der Waals surface area contributed by atoms with Crippen molar-refractivity contribution in [2.75, 3.05) is 12.4 Å². The number of carbonyl (C=O) groups excluding carboxylic acids is 1. The van der Waals surface area contributed by atoms with E-state index in [1.807, 2.05) is 24.3 Å². The minimum absolute atomic E-state index is 0.251. The second kappa shape index (κ2) is 8.27. The molecule has 3 aromatic rings. The minimum Gasteiger partial charge on any atom is -0.497 e. The molecule has 0 bridgehead atoms. The highest BCUT2D eigenvalue weighted by Gasteiger charge is 2.11. The number of benzene rings is 2. The molecule has 1 aromatic heterocycles. The van der Waals surface area contributed by atoms with Crippen LogP contribution in [0.25, 0.3) is 0 Å². The first-order valence-corrected chi connectivity index (χ1v) is 8.33. The number of anilines is 2. The summed E-state index contributed by atoms with van der Waals surface area (Å²) in [6.07, 6.45) is 0. The third kappa shape index (κ3) is 5.01. The Morgan fingerprint density at radius 2 is 1.78 bits per heavy atom. The van der Waals surface area contributed by atoms with Crippen molar-refractivity contribution >= 4 is 17.4 Å². The van der Waals surface area contributed by atoms with E-state index in [1.165, 1.54) is 12.1 Å². The lowest BCUT2D eigenvalue weighted by Crippen LogP contribution is -2.24. The van der Waals surface area contributed by atoms with Crippen LogP contribution in [-0.2, 0) is 6.54 Å². The molecular weight excluding hydrogens is 347 g/mol. The number of amides is 1. The second-order valence-electron chi connectivity index (χ2n) is 5.85. The Morgan fingerprint density at radius 1 is 1.07 bits per heavy atom. The molecule has 3 rings (SSSR count). The van der Waals surface area contributed by atoms with Crippen LogP contribution < -0.4 is 15.4 Å². The summed E-state index contributed by atoms with van der Waals surface area (Å²) < 4.78 is 18.1. The fourth-order valence-corrected chi connectivity index (χ4v) is 2.45. The molecule has 0 atom stereocenters. The van der Waals surface area contributed by atoms with Crippen molar-refractivity contribution in [1.29, 1.82) is 0 Å². The molecule has 0 aliphatic rings. The van der Waals surface area contributed by atoms with E-state index >= 15 is 0 Å². The van der Waals surface area contributed by atoms with Gasteiger partial charge in [0, 0.05) is 18.3 Å². The van der Waals surface area contributed by atoms with E-state index in [4.69, 9.17) is 4.74 Å². The van der Waals surface area contributed by atoms with E-state index in [2.05, 4.69) is 20.6 Å². The molecule has 0 aliphatic heterocycles. The van der Waals surface area contributed by atoms with Crippen molar-refractivity contribution < 1.29 is 13.9 Å². The van der Waals surface area contributed by atoms with Gasteiger partial charge in [-0.3, -0.25) is 4.79 Å². The van der Waals surface area contributed by atoms with Gasteiger partial charge < -0.3 is 15.4 Å². The van der Waals surface area contributed by atoms with Crippen LogP contribution in [0.4, 0.5) is 15.9 Å². The highest BCUT2D eigenvalue weighted by Crippen LogP contribution is 2.19. The number of halogens is 1. The number of methoxy groups -OCH3 is 1. The predicted molar refractivity (Wildman–Crippen MR) is 101 cm³/mol. The van der Waals surface area contributed by atoms with E-state index in [1.54, 1.807) is 32.2 Å². The number of carbonyl (C=O) groups is 1. The normalized spacial score (nSPS) is 10.3. The summed E-state index contributed by atoms with van der Waals surface area (Å²) in [5.41, 5.74) is 1.86. The Labute approximate surface area is 156 Å². The Morgan fingerprint density at radius 3 is 2.44 bits per heavy atom. The highest BCUT2D eigenvalue weighted by molar-refractivity contribution is 5.93. The maximum absolute atomic E-state index is 12.9. The summed E-state index contributed by atoms with van der Waals surface area (Å²) in [6.45, 7) is 2.00. The topological polar surface area (TPSA) is 76.1 Å². The molecule has 0 aliphatic carbocycles. The third-order valence-electron chi connectivity index (χ3n) is 3.80.